The molecule has 0 aliphatic heterocycles. The van der Waals surface area contributed by atoms with Crippen molar-refractivity contribution in [1.82, 2.24) is 10.6 Å². The van der Waals surface area contributed by atoms with Crippen LogP contribution in [0.5, 0.6) is 0 Å². The number of hydrogen-bond acceptors (Lipinski definition) is 3. The van der Waals surface area contributed by atoms with Crippen molar-refractivity contribution in [2.24, 2.45) is 11.7 Å². The first-order valence-electron chi connectivity index (χ1n) is 6.55. The maximum absolute atomic E-state index is 13.1. The van der Waals surface area contributed by atoms with Crippen LogP contribution in [0.15, 0.2) is 22.7 Å². The minimum absolute atomic E-state index is 0.00342. The molecule has 0 aromatic heterocycles. The lowest BCUT2D eigenvalue weighted by molar-refractivity contribution is -0.127. The lowest BCUT2D eigenvalue weighted by Gasteiger charge is -2.15. The fraction of sp³-hybridized carbons (Fsp3) is 0.429. The first kappa shape index (κ1) is 17.6. The van der Waals surface area contributed by atoms with Crippen molar-refractivity contribution >= 4 is 27.7 Å². The molecule has 5 nitrogen and oxygen atoms in total. The Morgan fingerprint density at radius 2 is 2.00 bits per heavy atom. The van der Waals surface area contributed by atoms with E-state index >= 15 is 0 Å². The van der Waals surface area contributed by atoms with Gasteiger partial charge in [-0.1, -0.05) is 29.8 Å². The van der Waals surface area contributed by atoms with Gasteiger partial charge in [0.25, 0.3) is 0 Å². The summed E-state index contributed by atoms with van der Waals surface area (Å²) in [5, 5.41) is 5.06. The Morgan fingerprint density at radius 3 is 2.62 bits per heavy atom. The van der Waals surface area contributed by atoms with Crippen LogP contribution < -0.4 is 16.4 Å². The molecule has 21 heavy (non-hydrogen) atoms. The molecule has 1 atom stereocenters. The number of nitrogens with one attached hydrogen (secondary N) is 2. The van der Waals surface area contributed by atoms with Gasteiger partial charge in [-0.2, -0.15) is 0 Å². The molecule has 0 aliphatic carbocycles. The van der Waals surface area contributed by atoms with Crippen molar-refractivity contribution in [3.8, 4) is 0 Å². The van der Waals surface area contributed by atoms with E-state index in [-0.39, 0.29) is 36.6 Å². The molecule has 2 amide bonds. The maximum atomic E-state index is 13.1. The number of carbonyl (C=O) groups excluding carboxylic acids is 2. The largest absolute Gasteiger partial charge is 0.350 e. The minimum Gasteiger partial charge on any atom is -0.350 e. The summed E-state index contributed by atoms with van der Waals surface area (Å²) in [5.74, 6) is -1.11. The molecule has 0 heterocycles. The average Bonchev–Trinajstić information content (AvgIpc) is 2.44. The van der Waals surface area contributed by atoms with Gasteiger partial charge in [0.05, 0.1) is 12.6 Å². The Labute approximate surface area is 131 Å². The Kier molecular flexibility index (Phi) is 6.77. The van der Waals surface area contributed by atoms with Gasteiger partial charge < -0.3 is 16.4 Å². The number of nitrogens with two attached hydrogens (primary N) is 1. The topological polar surface area (TPSA) is 84.2 Å². The standard InChI is InChI=1S/C14H19BrFN3O2/c1-8(2)13(17)14(21)19-7-12(20)18-6-9-5-10(16)3-4-11(9)15/h3-5,8,13H,6-7,17H2,1-2H3,(H,18,20)(H,19,21)/t13-/m0/s1. The molecular formula is C14H19BrFN3O2. The van der Waals surface area contributed by atoms with Crippen LogP contribution in [0.4, 0.5) is 4.39 Å². The Morgan fingerprint density at radius 1 is 1.33 bits per heavy atom. The summed E-state index contributed by atoms with van der Waals surface area (Å²) in [6.07, 6.45) is 0. The molecule has 0 fully saturated rings. The van der Waals surface area contributed by atoms with Crippen molar-refractivity contribution < 1.29 is 14.0 Å². The quantitative estimate of drug-likeness (QED) is 0.715. The summed E-state index contributed by atoms with van der Waals surface area (Å²) in [7, 11) is 0. The fourth-order valence-electron chi connectivity index (χ4n) is 1.52. The molecule has 1 aromatic carbocycles. The molecule has 116 valence electrons. The van der Waals surface area contributed by atoms with Gasteiger partial charge in [0.1, 0.15) is 5.82 Å². The third-order valence-electron chi connectivity index (χ3n) is 2.93. The molecule has 0 saturated heterocycles. The highest BCUT2D eigenvalue weighted by Gasteiger charge is 2.17. The van der Waals surface area contributed by atoms with Crippen molar-refractivity contribution in [3.05, 3.63) is 34.1 Å². The second kappa shape index (κ2) is 8.09. The minimum atomic E-state index is -0.643. The molecule has 0 bridgehead atoms. The van der Waals surface area contributed by atoms with Crippen LogP contribution in [0, 0.1) is 11.7 Å². The van der Waals surface area contributed by atoms with E-state index in [1.54, 1.807) is 6.07 Å². The van der Waals surface area contributed by atoms with Gasteiger partial charge in [0, 0.05) is 11.0 Å². The van der Waals surface area contributed by atoms with E-state index in [0.717, 1.165) is 0 Å². The van der Waals surface area contributed by atoms with Gasteiger partial charge >= 0.3 is 0 Å². The van der Waals surface area contributed by atoms with E-state index in [4.69, 9.17) is 5.73 Å². The molecular weight excluding hydrogens is 341 g/mol. The zero-order valence-corrected chi connectivity index (χ0v) is 13.5. The predicted molar refractivity (Wildman–Crippen MR) is 81.8 cm³/mol. The monoisotopic (exact) mass is 359 g/mol. The second-order valence-corrected chi connectivity index (χ2v) is 5.85. The lowest BCUT2D eigenvalue weighted by Crippen LogP contribution is -2.47. The molecule has 7 heteroatoms. The van der Waals surface area contributed by atoms with Gasteiger partial charge in [-0.15, -0.1) is 0 Å². The van der Waals surface area contributed by atoms with Crippen molar-refractivity contribution in [2.45, 2.75) is 26.4 Å². The normalized spacial score (nSPS) is 12.1. The first-order chi connectivity index (χ1) is 9.81. The third kappa shape index (κ3) is 5.81. The van der Waals surface area contributed by atoms with Gasteiger partial charge in [0.2, 0.25) is 11.8 Å². The highest BCUT2D eigenvalue weighted by molar-refractivity contribution is 9.10. The smallest absolute Gasteiger partial charge is 0.239 e. The van der Waals surface area contributed by atoms with Gasteiger partial charge in [-0.3, -0.25) is 9.59 Å². The zero-order chi connectivity index (χ0) is 16.0. The number of halogens is 2. The number of rotatable bonds is 6. The van der Waals surface area contributed by atoms with Crippen molar-refractivity contribution in [1.29, 1.82) is 0 Å². The maximum Gasteiger partial charge on any atom is 0.239 e. The zero-order valence-electron chi connectivity index (χ0n) is 12.0. The summed E-state index contributed by atoms with van der Waals surface area (Å²) in [6.45, 7) is 3.66. The highest BCUT2D eigenvalue weighted by atomic mass is 79.9. The fourth-order valence-corrected chi connectivity index (χ4v) is 1.91. The average molecular weight is 360 g/mol. The van der Waals surface area contributed by atoms with E-state index < -0.39 is 6.04 Å². The molecule has 1 aromatic rings. The summed E-state index contributed by atoms with van der Waals surface area (Å²) in [6, 6.07) is 3.58. The Hall–Kier alpha value is -1.47. The molecule has 0 radical (unpaired) electrons. The Bertz CT molecular complexity index is 523. The number of amides is 2. The predicted octanol–water partition coefficient (Wildman–Crippen LogP) is 1.30. The summed E-state index contributed by atoms with van der Waals surface area (Å²) in [5.41, 5.74) is 6.28. The van der Waals surface area contributed by atoms with Crippen LogP contribution in [0.1, 0.15) is 19.4 Å². The molecule has 0 spiro atoms. The summed E-state index contributed by atoms with van der Waals surface area (Å²) < 4.78 is 13.8. The van der Waals surface area contributed by atoms with E-state index in [1.807, 2.05) is 13.8 Å². The van der Waals surface area contributed by atoms with Gasteiger partial charge in [-0.05, 0) is 29.7 Å². The van der Waals surface area contributed by atoms with Crippen LogP contribution in [-0.4, -0.2) is 24.4 Å². The number of benzene rings is 1. The molecule has 0 unspecified atom stereocenters. The molecule has 4 N–H and O–H groups in total. The van der Waals surface area contributed by atoms with Crippen molar-refractivity contribution in [3.63, 3.8) is 0 Å². The highest BCUT2D eigenvalue weighted by Crippen LogP contribution is 2.17. The second-order valence-electron chi connectivity index (χ2n) is 5.00. The van der Waals surface area contributed by atoms with Crippen LogP contribution in [0.2, 0.25) is 0 Å². The molecule has 1 rings (SSSR count). The van der Waals surface area contributed by atoms with Gasteiger partial charge in [0.15, 0.2) is 0 Å². The molecule has 0 aliphatic rings. The van der Waals surface area contributed by atoms with E-state index in [1.165, 1.54) is 12.1 Å². The van der Waals surface area contributed by atoms with Gasteiger partial charge in [-0.25, -0.2) is 4.39 Å². The van der Waals surface area contributed by atoms with E-state index in [9.17, 15) is 14.0 Å². The van der Waals surface area contributed by atoms with E-state index in [2.05, 4.69) is 26.6 Å². The van der Waals surface area contributed by atoms with Crippen LogP contribution in [-0.2, 0) is 16.1 Å². The summed E-state index contributed by atoms with van der Waals surface area (Å²) in [4.78, 5) is 23.2. The molecule has 0 saturated carbocycles. The van der Waals surface area contributed by atoms with Crippen LogP contribution >= 0.6 is 15.9 Å². The SMILES string of the molecule is CC(C)[C@H](N)C(=O)NCC(=O)NCc1cc(F)ccc1Br. The summed E-state index contributed by atoms with van der Waals surface area (Å²) >= 11 is 3.27. The van der Waals surface area contributed by atoms with E-state index in [0.29, 0.717) is 10.0 Å². The lowest BCUT2D eigenvalue weighted by atomic mass is 10.1. The Balaban J connectivity index is 2.41. The first-order valence-corrected chi connectivity index (χ1v) is 7.34. The third-order valence-corrected chi connectivity index (χ3v) is 3.70. The van der Waals surface area contributed by atoms with Crippen LogP contribution in [0.25, 0.3) is 0 Å². The number of carbonyl (C=O) groups is 2. The number of hydrogen-bond donors (Lipinski definition) is 3. The van der Waals surface area contributed by atoms with Crippen LogP contribution in [0.3, 0.4) is 0 Å². The van der Waals surface area contributed by atoms with Crippen molar-refractivity contribution in [2.75, 3.05) is 6.54 Å².